The molecule has 0 radical (unpaired) electrons. The van der Waals surface area contributed by atoms with Crippen LogP contribution in [0, 0.1) is 0 Å². The molecule has 68 heavy (non-hydrogen) atoms. The SMILES string of the molecule is c1ccc(-c2ccc(-c3cccc(-n4c5ccc(-c6ccc7c(c6)c6c8ccccc8sc6n7-c6cccc(-c7ccc(-c8ccccc8)cc7)c6)cc5c5c6ccccc6oc54)c3)cc2)cc1. The fourth-order valence-corrected chi connectivity index (χ4v) is 11.7. The Bertz CT molecular complexity index is 3950. The van der Waals surface area contributed by atoms with Gasteiger partial charge in [-0.3, -0.25) is 4.57 Å². The average Bonchev–Trinajstić information content (AvgIpc) is 4.15. The summed E-state index contributed by atoms with van der Waals surface area (Å²) in [5, 5.41) is 7.24. The number of fused-ring (bicyclic) bond motifs is 10. The molecule has 318 valence electrons. The number of furan rings is 1. The Kier molecular flexibility index (Phi) is 8.76. The molecule has 0 saturated carbocycles. The molecule has 14 aromatic rings. The lowest BCUT2D eigenvalue weighted by molar-refractivity contribution is 0.645. The van der Waals surface area contributed by atoms with Gasteiger partial charge in [-0.25, -0.2) is 0 Å². The second-order valence-electron chi connectivity index (χ2n) is 17.7. The molecule has 0 aliphatic heterocycles. The van der Waals surface area contributed by atoms with Gasteiger partial charge in [-0.1, -0.05) is 182 Å². The minimum Gasteiger partial charge on any atom is -0.439 e. The van der Waals surface area contributed by atoms with E-state index in [2.05, 4.69) is 252 Å². The molecule has 4 heterocycles. The van der Waals surface area contributed by atoms with E-state index in [1.54, 1.807) is 0 Å². The highest BCUT2D eigenvalue weighted by Crippen LogP contribution is 2.45. The highest BCUT2D eigenvalue weighted by Gasteiger charge is 2.22. The van der Waals surface area contributed by atoms with E-state index < -0.39 is 0 Å². The Labute approximate surface area is 396 Å². The number of nitrogens with zero attached hydrogens (tertiary/aromatic N) is 2. The first-order valence-electron chi connectivity index (χ1n) is 23.1. The standard InChI is InChI=1S/C64H40N2OS/c1-3-13-41(14-4-1)43-25-29-45(30-26-43)47-17-11-19-51(37-47)65-57-35-33-49(39-55(57)61-53-21-7-9-23-59(53)67-63(61)65)50-34-36-58-56(40-50)62-54-22-8-10-24-60(54)68-64(62)66(58)52-20-12-18-48(38-52)46-31-27-44(28-32-46)42-15-5-2-6-16-42/h1-40H. The second-order valence-corrected chi connectivity index (χ2v) is 18.7. The van der Waals surface area contributed by atoms with E-state index in [0.29, 0.717) is 0 Å². The van der Waals surface area contributed by atoms with Crippen LogP contribution in [0.15, 0.2) is 247 Å². The van der Waals surface area contributed by atoms with Gasteiger partial charge in [-0.15, -0.1) is 11.3 Å². The van der Waals surface area contributed by atoms with E-state index in [9.17, 15) is 0 Å². The molecular weight excluding hydrogens is 845 g/mol. The molecule has 4 aromatic heterocycles. The van der Waals surface area contributed by atoms with Crippen molar-refractivity contribution in [1.29, 1.82) is 0 Å². The molecule has 4 heteroatoms. The maximum absolute atomic E-state index is 6.78. The molecule has 0 aliphatic carbocycles. The fourth-order valence-electron chi connectivity index (χ4n) is 10.5. The van der Waals surface area contributed by atoms with Crippen LogP contribution in [0.5, 0.6) is 0 Å². The Morgan fingerprint density at radius 1 is 0.294 bits per heavy atom. The molecule has 0 N–H and O–H groups in total. The van der Waals surface area contributed by atoms with Gasteiger partial charge in [0, 0.05) is 43.0 Å². The van der Waals surface area contributed by atoms with Crippen LogP contribution in [0.25, 0.3) is 131 Å². The van der Waals surface area contributed by atoms with Gasteiger partial charge < -0.3 is 8.98 Å². The van der Waals surface area contributed by atoms with Crippen molar-refractivity contribution >= 4 is 75.5 Å². The van der Waals surface area contributed by atoms with Crippen molar-refractivity contribution in [2.24, 2.45) is 0 Å². The van der Waals surface area contributed by atoms with Gasteiger partial charge in [0.2, 0.25) is 5.71 Å². The Hall–Kier alpha value is -8.70. The molecule has 0 spiro atoms. The molecule has 3 nitrogen and oxygen atoms in total. The van der Waals surface area contributed by atoms with Gasteiger partial charge in [0.15, 0.2) is 0 Å². The summed E-state index contributed by atoms with van der Waals surface area (Å²) >= 11 is 1.87. The highest BCUT2D eigenvalue weighted by atomic mass is 32.1. The molecule has 0 amide bonds. The third-order valence-corrected chi connectivity index (χ3v) is 14.9. The van der Waals surface area contributed by atoms with Gasteiger partial charge in [0.05, 0.1) is 16.4 Å². The Morgan fingerprint density at radius 2 is 0.721 bits per heavy atom. The Balaban J connectivity index is 0.895. The largest absolute Gasteiger partial charge is 0.439 e. The van der Waals surface area contributed by atoms with Crippen LogP contribution >= 0.6 is 11.3 Å². The summed E-state index contributed by atoms with van der Waals surface area (Å²) in [6, 6.07) is 88.0. The van der Waals surface area contributed by atoms with Crippen molar-refractivity contribution in [3.8, 4) is 67.0 Å². The van der Waals surface area contributed by atoms with Crippen molar-refractivity contribution in [2.75, 3.05) is 0 Å². The molecule has 0 atom stereocenters. The molecule has 14 rings (SSSR count). The molecule has 0 fully saturated rings. The predicted octanol–water partition coefficient (Wildman–Crippen LogP) is 18.2. The van der Waals surface area contributed by atoms with Crippen molar-refractivity contribution in [1.82, 2.24) is 9.13 Å². The van der Waals surface area contributed by atoms with Crippen LogP contribution in [0.2, 0.25) is 0 Å². The fraction of sp³-hybridized carbons (Fsp3) is 0. The average molecular weight is 885 g/mol. The monoisotopic (exact) mass is 884 g/mol. The summed E-state index contributed by atoms with van der Waals surface area (Å²) in [4.78, 5) is 1.25. The van der Waals surface area contributed by atoms with Crippen LogP contribution < -0.4 is 0 Å². The zero-order valence-electron chi connectivity index (χ0n) is 36.8. The first kappa shape index (κ1) is 38.6. The maximum atomic E-state index is 6.78. The van der Waals surface area contributed by atoms with E-state index >= 15 is 0 Å². The van der Waals surface area contributed by atoms with Gasteiger partial charge in [0.1, 0.15) is 10.4 Å². The van der Waals surface area contributed by atoms with Crippen molar-refractivity contribution in [2.45, 2.75) is 0 Å². The normalized spacial score (nSPS) is 11.8. The molecule has 0 aliphatic rings. The lowest BCUT2D eigenvalue weighted by Gasteiger charge is -2.11. The zero-order chi connectivity index (χ0) is 44.7. The maximum Gasteiger partial charge on any atom is 0.213 e. The molecule has 0 saturated heterocycles. The first-order chi connectivity index (χ1) is 33.7. The summed E-state index contributed by atoms with van der Waals surface area (Å²) in [5.41, 5.74) is 18.2. The third kappa shape index (κ3) is 6.19. The van der Waals surface area contributed by atoms with Crippen LogP contribution in [-0.4, -0.2) is 9.13 Å². The number of benzene rings is 10. The summed E-state index contributed by atoms with van der Waals surface area (Å²) < 4.78 is 12.8. The molecular formula is C64H40N2OS. The van der Waals surface area contributed by atoms with Gasteiger partial charge >= 0.3 is 0 Å². The van der Waals surface area contributed by atoms with E-state index in [1.807, 2.05) is 11.3 Å². The van der Waals surface area contributed by atoms with Crippen molar-refractivity contribution in [3.63, 3.8) is 0 Å². The van der Waals surface area contributed by atoms with Crippen molar-refractivity contribution < 1.29 is 4.42 Å². The summed E-state index contributed by atoms with van der Waals surface area (Å²) in [7, 11) is 0. The number of hydrogen-bond acceptors (Lipinski definition) is 2. The van der Waals surface area contributed by atoms with Gasteiger partial charge in [-0.05, 0) is 116 Å². The quantitative estimate of drug-likeness (QED) is 0.156. The summed E-state index contributed by atoms with van der Waals surface area (Å²) in [5.74, 6) is 0. The van der Waals surface area contributed by atoms with E-state index in [0.717, 1.165) is 55.5 Å². The van der Waals surface area contributed by atoms with Crippen molar-refractivity contribution in [3.05, 3.63) is 243 Å². The van der Waals surface area contributed by atoms with Crippen LogP contribution in [0.3, 0.4) is 0 Å². The van der Waals surface area contributed by atoms with E-state index in [1.165, 1.54) is 75.7 Å². The molecule has 0 bridgehead atoms. The number of rotatable bonds is 7. The molecule has 10 aromatic carbocycles. The first-order valence-corrected chi connectivity index (χ1v) is 24.0. The summed E-state index contributed by atoms with van der Waals surface area (Å²) in [6.45, 7) is 0. The predicted molar refractivity (Wildman–Crippen MR) is 287 cm³/mol. The lowest BCUT2D eigenvalue weighted by Crippen LogP contribution is -1.94. The van der Waals surface area contributed by atoms with Crippen LogP contribution in [0.1, 0.15) is 0 Å². The number of para-hydroxylation sites is 1. The zero-order valence-corrected chi connectivity index (χ0v) is 37.6. The summed E-state index contributed by atoms with van der Waals surface area (Å²) in [6.07, 6.45) is 0. The topological polar surface area (TPSA) is 23.0 Å². The van der Waals surface area contributed by atoms with E-state index in [4.69, 9.17) is 4.42 Å². The lowest BCUT2D eigenvalue weighted by atomic mass is 9.99. The van der Waals surface area contributed by atoms with Crippen LogP contribution in [0.4, 0.5) is 0 Å². The Morgan fingerprint density at radius 3 is 1.32 bits per heavy atom. The van der Waals surface area contributed by atoms with E-state index in [-0.39, 0.29) is 0 Å². The van der Waals surface area contributed by atoms with Gasteiger partial charge in [-0.2, -0.15) is 0 Å². The highest BCUT2D eigenvalue weighted by molar-refractivity contribution is 7.25. The smallest absolute Gasteiger partial charge is 0.213 e. The number of hydrogen-bond donors (Lipinski definition) is 0. The molecule has 0 unspecified atom stereocenters. The third-order valence-electron chi connectivity index (χ3n) is 13.8. The number of thiophene rings is 1. The number of aromatic nitrogens is 2. The minimum atomic E-state index is 0.850. The van der Waals surface area contributed by atoms with Crippen LogP contribution in [-0.2, 0) is 0 Å². The minimum absolute atomic E-state index is 0.850. The second kappa shape index (κ2) is 15.5. The van der Waals surface area contributed by atoms with Gasteiger partial charge in [0.25, 0.3) is 0 Å².